The van der Waals surface area contributed by atoms with E-state index in [2.05, 4.69) is 15.9 Å². The Morgan fingerprint density at radius 3 is 2.80 bits per heavy atom. The van der Waals surface area contributed by atoms with Crippen molar-refractivity contribution >= 4 is 34.2 Å². The minimum atomic E-state index is 0. The molecular formula is C19H22BrClN2O2. The van der Waals surface area contributed by atoms with Crippen LogP contribution in [-0.2, 0) is 6.61 Å². The normalized spacial score (nSPS) is 16.4. The first-order valence-corrected chi connectivity index (χ1v) is 8.95. The highest BCUT2D eigenvalue weighted by molar-refractivity contribution is 9.10. The Bertz CT molecular complexity index is 726. The number of benzene rings is 2. The number of hydrogen-bond donors (Lipinski definition) is 1. The molecule has 1 unspecified atom stereocenters. The Labute approximate surface area is 162 Å². The molecule has 25 heavy (non-hydrogen) atoms. The van der Waals surface area contributed by atoms with E-state index in [1.54, 1.807) is 0 Å². The molecule has 0 aromatic heterocycles. The molecule has 4 nitrogen and oxygen atoms in total. The van der Waals surface area contributed by atoms with Crippen LogP contribution in [0.5, 0.6) is 5.75 Å². The van der Waals surface area contributed by atoms with Gasteiger partial charge >= 0.3 is 0 Å². The first-order valence-electron chi connectivity index (χ1n) is 8.16. The summed E-state index contributed by atoms with van der Waals surface area (Å²) >= 11 is 3.51. The molecule has 1 saturated heterocycles. The van der Waals surface area contributed by atoms with Crippen molar-refractivity contribution in [3.05, 3.63) is 64.1 Å². The topological polar surface area (TPSA) is 55.6 Å². The lowest BCUT2D eigenvalue weighted by Crippen LogP contribution is -2.39. The third-order valence-corrected chi connectivity index (χ3v) is 5.12. The van der Waals surface area contributed by atoms with E-state index in [-0.39, 0.29) is 24.4 Å². The van der Waals surface area contributed by atoms with Crippen LogP contribution in [0.15, 0.2) is 53.0 Å². The first-order chi connectivity index (χ1) is 11.7. The van der Waals surface area contributed by atoms with Gasteiger partial charge in [0.1, 0.15) is 12.4 Å². The zero-order chi connectivity index (χ0) is 16.9. The lowest BCUT2D eigenvalue weighted by molar-refractivity contribution is 0.0740. The van der Waals surface area contributed by atoms with E-state index in [1.807, 2.05) is 53.4 Å². The lowest BCUT2D eigenvalue weighted by atomic mass is 10.1. The SMILES string of the molecule is Cl.NCC1CCCN1C(=O)c1cccc(OCc2ccccc2Br)c1. The summed E-state index contributed by atoms with van der Waals surface area (Å²) in [5, 5.41) is 0. The van der Waals surface area contributed by atoms with Crippen molar-refractivity contribution in [1.29, 1.82) is 0 Å². The predicted octanol–water partition coefficient (Wildman–Crippen LogP) is 4.01. The lowest BCUT2D eigenvalue weighted by Gasteiger charge is -2.23. The fourth-order valence-corrected chi connectivity index (χ4v) is 3.41. The highest BCUT2D eigenvalue weighted by Gasteiger charge is 2.28. The summed E-state index contributed by atoms with van der Waals surface area (Å²) in [4.78, 5) is 14.6. The zero-order valence-corrected chi connectivity index (χ0v) is 16.3. The van der Waals surface area contributed by atoms with Gasteiger partial charge in [-0.1, -0.05) is 40.2 Å². The molecule has 2 aromatic carbocycles. The second kappa shape index (κ2) is 9.22. The van der Waals surface area contributed by atoms with Crippen molar-refractivity contribution in [2.24, 2.45) is 5.73 Å². The van der Waals surface area contributed by atoms with Crippen molar-refractivity contribution < 1.29 is 9.53 Å². The predicted molar refractivity (Wildman–Crippen MR) is 105 cm³/mol. The van der Waals surface area contributed by atoms with Crippen LogP contribution in [0.1, 0.15) is 28.8 Å². The van der Waals surface area contributed by atoms with Gasteiger partial charge in [-0.25, -0.2) is 0 Å². The minimum absolute atomic E-state index is 0. The molecule has 0 radical (unpaired) electrons. The van der Waals surface area contributed by atoms with Gasteiger partial charge in [-0.15, -0.1) is 12.4 Å². The Balaban J connectivity index is 0.00000225. The smallest absolute Gasteiger partial charge is 0.254 e. The molecule has 0 spiro atoms. The third kappa shape index (κ3) is 4.75. The molecule has 2 N–H and O–H groups in total. The van der Waals surface area contributed by atoms with Gasteiger partial charge in [-0.05, 0) is 37.1 Å². The van der Waals surface area contributed by atoms with Crippen LogP contribution in [0.25, 0.3) is 0 Å². The second-order valence-electron chi connectivity index (χ2n) is 5.94. The van der Waals surface area contributed by atoms with E-state index in [0.29, 0.717) is 24.5 Å². The van der Waals surface area contributed by atoms with E-state index < -0.39 is 0 Å². The van der Waals surface area contributed by atoms with Gasteiger partial charge < -0.3 is 15.4 Å². The number of hydrogen-bond acceptors (Lipinski definition) is 3. The summed E-state index contributed by atoms with van der Waals surface area (Å²) < 4.78 is 6.87. The van der Waals surface area contributed by atoms with Crippen LogP contribution in [0.3, 0.4) is 0 Å². The fraction of sp³-hybridized carbons (Fsp3) is 0.316. The fourth-order valence-electron chi connectivity index (χ4n) is 3.01. The monoisotopic (exact) mass is 424 g/mol. The molecule has 2 aromatic rings. The molecule has 3 rings (SSSR count). The van der Waals surface area contributed by atoms with Gasteiger partial charge in [0, 0.05) is 34.7 Å². The van der Waals surface area contributed by atoms with Crippen LogP contribution in [0.4, 0.5) is 0 Å². The number of halogens is 2. The van der Waals surface area contributed by atoms with Gasteiger partial charge in [-0.3, -0.25) is 4.79 Å². The van der Waals surface area contributed by atoms with Crippen LogP contribution in [0, 0.1) is 0 Å². The number of likely N-dealkylation sites (tertiary alicyclic amines) is 1. The quantitative estimate of drug-likeness (QED) is 0.787. The maximum atomic E-state index is 12.7. The summed E-state index contributed by atoms with van der Waals surface area (Å²) in [7, 11) is 0. The largest absolute Gasteiger partial charge is 0.489 e. The maximum absolute atomic E-state index is 12.7. The molecule has 1 amide bonds. The average molecular weight is 426 g/mol. The standard InChI is InChI=1S/C19H21BrN2O2.ClH/c20-18-9-2-1-5-15(18)13-24-17-8-3-6-14(11-17)19(23)22-10-4-7-16(22)12-21;/h1-3,5-6,8-9,11,16H,4,7,10,12-13,21H2;1H. The first kappa shape index (κ1) is 19.8. The number of carbonyl (C=O) groups is 1. The Hall–Kier alpha value is -1.56. The highest BCUT2D eigenvalue weighted by atomic mass is 79.9. The van der Waals surface area contributed by atoms with Crippen LogP contribution >= 0.6 is 28.3 Å². The van der Waals surface area contributed by atoms with Crippen molar-refractivity contribution in [1.82, 2.24) is 4.90 Å². The van der Waals surface area contributed by atoms with Gasteiger partial charge in [0.25, 0.3) is 5.91 Å². The molecule has 134 valence electrons. The number of carbonyl (C=O) groups excluding carboxylic acids is 1. The van der Waals surface area contributed by atoms with Crippen LogP contribution < -0.4 is 10.5 Å². The summed E-state index contributed by atoms with van der Waals surface area (Å²) in [6.07, 6.45) is 2.01. The molecule has 1 fully saturated rings. The van der Waals surface area contributed by atoms with Crippen molar-refractivity contribution in [3.63, 3.8) is 0 Å². The summed E-state index contributed by atoms with van der Waals surface area (Å²) in [5.41, 5.74) is 7.49. The molecule has 1 aliphatic rings. The van der Waals surface area contributed by atoms with Crippen molar-refractivity contribution in [3.8, 4) is 5.75 Å². The number of rotatable bonds is 5. The molecule has 6 heteroatoms. The molecule has 0 saturated carbocycles. The molecule has 1 heterocycles. The van der Waals surface area contributed by atoms with E-state index in [0.717, 1.165) is 29.4 Å². The van der Waals surface area contributed by atoms with E-state index >= 15 is 0 Å². The average Bonchev–Trinajstić information content (AvgIpc) is 3.09. The Morgan fingerprint density at radius 1 is 1.24 bits per heavy atom. The van der Waals surface area contributed by atoms with Crippen molar-refractivity contribution in [2.75, 3.05) is 13.1 Å². The molecule has 0 aliphatic carbocycles. The number of nitrogens with zero attached hydrogens (tertiary/aromatic N) is 1. The van der Waals surface area contributed by atoms with Crippen molar-refractivity contribution in [2.45, 2.75) is 25.5 Å². The van der Waals surface area contributed by atoms with Gasteiger partial charge in [0.05, 0.1) is 0 Å². The second-order valence-corrected chi connectivity index (χ2v) is 6.79. The summed E-state index contributed by atoms with van der Waals surface area (Å²) in [6, 6.07) is 15.5. The molecule has 1 aliphatic heterocycles. The van der Waals surface area contributed by atoms with Gasteiger partial charge in [0.15, 0.2) is 0 Å². The van der Waals surface area contributed by atoms with Crippen LogP contribution in [0.2, 0.25) is 0 Å². The van der Waals surface area contributed by atoms with E-state index in [9.17, 15) is 4.79 Å². The highest BCUT2D eigenvalue weighted by Crippen LogP contribution is 2.23. The molecule has 1 atom stereocenters. The molecular weight excluding hydrogens is 404 g/mol. The number of ether oxygens (including phenoxy) is 1. The number of nitrogens with two attached hydrogens (primary N) is 1. The van der Waals surface area contributed by atoms with Gasteiger partial charge in [-0.2, -0.15) is 0 Å². The Kier molecular flexibility index (Phi) is 7.29. The summed E-state index contributed by atoms with van der Waals surface area (Å²) in [6.45, 7) is 1.75. The maximum Gasteiger partial charge on any atom is 0.254 e. The van der Waals surface area contributed by atoms with E-state index in [1.165, 1.54) is 0 Å². The minimum Gasteiger partial charge on any atom is -0.489 e. The Morgan fingerprint density at radius 2 is 2.04 bits per heavy atom. The van der Waals surface area contributed by atoms with Crippen LogP contribution in [-0.4, -0.2) is 29.9 Å². The van der Waals surface area contributed by atoms with E-state index in [4.69, 9.17) is 10.5 Å². The molecule has 0 bridgehead atoms. The zero-order valence-electron chi connectivity index (χ0n) is 13.9. The number of amides is 1. The van der Waals surface area contributed by atoms with Gasteiger partial charge in [0.2, 0.25) is 0 Å². The summed E-state index contributed by atoms with van der Waals surface area (Å²) in [5.74, 6) is 0.731. The third-order valence-electron chi connectivity index (χ3n) is 4.34.